The number of nitrogens with two attached hydrogens (primary N) is 1. The molecule has 1 aliphatic heterocycles. The third-order valence-corrected chi connectivity index (χ3v) is 6.00. The van der Waals surface area contributed by atoms with Gasteiger partial charge in [0.15, 0.2) is 0 Å². The number of ether oxygens (including phenoxy) is 1. The first-order valence-corrected chi connectivity index (χ1v) is 9.62. The molecule has 2 aliphatic rings. The molecule has 1 fully saturated rings. The average Bonchev–Trinajstić information content (AvgIpc) is 2.96. The van der Waals surface area contributed by atoms with Crippen molar-refractivity contribution in [2.75, 3.05) is 12.8 Å². The molecular weight excluding hydrogens is 351 g/mol. The second kappa shape index (κ2) is 6.19. The summed E-state index contributed by atoms with van der Waals surface area (Å²) in [6.45, 7) is 2.50. The van der Waals surface area contributed by atoms with Crippen molar-refractivity contribution in [2.24, 2.45) is 0 Å². The van der Waals surface area contributed by atoms with Crippen LogP contribution in [0, 0.1) is 6.92 Å². The Hall–Kier alpha value is -3.15. The molecule has 28 heavy (non-hydrogen) atoms. The van der Waals surface area contributed by atoms with Gasteiger partial charge in [0.05, 0.1) is 36.1 Å². The van der Waals surface area contributed by atoms with E-state index in [0.717, 1.165) is 46.3 Å². The minimum atomic E-state index is 0.0271. The number of pyridine rings is 2. The van der Waals surface area contributed by atoms with E-state index in [-0.39, 0.29) is 5.91 Å². The standard InChI is InChI=1S/C22H22N4O2/c1-12-14(9-10-18(24-12)28-2)15-7-4-8-16-20(23)19-17(25-21(15)16)11-26(22(19)27)13-5-3-6-13/h4,7-10,13H,3,5-6,11H2,1-2H3,(H2,23,25)/i2-1. The van der Waals surface area contributed by atoms with Gasteiger partial charge in [0.25, 0.3) is 5.91 Å². The maximum absolute atomic E-state index is 13.0. The molecule has 0 saturated heterocycles. The Morgan fingerprint density at radius 2 is 1.96 bits per heavy atom. The number of carbonyl (C=O) groups is 1. The summed E-state index contributed by atoms with van der Waals surface area (Å²) in [6, 6.07) is 10.1. The SMILES string of the molecule is Cc1nc(O[11CH3])ccc1-c1cccc2c(N)c3c(nc12)CN(C1CCC1)C3=O. The lowest BCUT2D eigenvalue weighted by atomic mass is 9.92. The number of amides is 1. The highest BCUT2D eigenvalue weighted by Crippen LogP contribution is 2.39. The summed E-state index contributed by atoms with van der Waals surface area (Å²) in [6.07, 6.45) is 3.33. The molecule has 1 aromatic carbocycles. The van der Waals surface area contributed by atoms with Gasteiger partial charge in [-0.2, -0.15) is 0 Å². The van der Waals surface area contributed by atoms with Crippen molar-refractivity contribution >= 4 is 22.5 Å². The van der Waals surface area contributed by atoms with Gasteiger partial charge in [-0.25, -0.2) is 9.97 Å². The van der Waals surface area contributed by atoms with Gasteiger partial charge in [-0.1, -0.05) is 18.2 Å². The van der Waals surface area contributed by atoms with Crippen LogP contribution in [0.25, 0.3) is 22.0 Å². The number of rotatable bonds is 3. The molecule has 3 heterocycles. The monoisotopic (exact) mass is 373 g/mol. The molecule has 0 unspecified atom stereocenters. The quantitative estimate of drug-likeness (QED) is 0.757. The molecule has 1 saturated carbocycles. The average molecular weight is 373 g/mol. The van der Waals surface area contributed by atoms with Crippen LogP contribution in [0.2, 0.25) is 0 Å². The van der Waals surface area contributed by atoms with Crippen LogP contribution in [0.4, 0.5) is 5.69 Å². The number of hydrogen-bond donors (Lipinski definition) is 1. The topological polar surface area (TPSA) is 81.3 Å². The van der Waals surface area contributed by atoms with Crippen molar-refractivity contribution in [1.29, 1.82) is 0 Å². The highest BCUT2D eigenvalue weighted by Gasteiger charge is 2.38. The van der Waals surface area contributed by atoms with E-state index in [1.54, 1.807) is 7.11 Å². The summed E-state index contributed by atoms with van der Waals surface area (Å²) in [7, 11) is 1.61. The molecule has 5 rings (SSSR count). The highest BCUT2D eigenvalue weighted by atomic mass is 16.4. The molecule has 1 amide bonds. The predicted molar refractivity (Wildman–Crippen MR) is 108 cm³/mol. The lowest BCUT2D eigenvalue weighted by molar-refractivity contribution is 0.0606. The molecule has 2 N–H and O–H groups in total. The molecule has 0 radical (unpaired) electrons. The maximum Gasteiger partial charge on any atom is 0.258 e. The maximum atomic E-state index is 13.0. The van der Waals surface area contributed by atoms with E-state index in [4.69, 9.17) is 15.5 Å². The van der Waals surface area contributed by atoms with Crippen LogP contribution in [0.15, 0.2) is 30.3 Å². The lowest BCUT2D eigenvalue weighted by Gasteiger charge is -2.34. The van der Waals surface area contributed by atoms with Gasteiger partial charge in [-0.3, -0.25) is 4.79 Å². The summed E-state index contributed by atoms with van der Waals surface area (Å²) in [5.74, 6) is 0.607. The second-order valence-electron chi connectivity index (χ2n) is 7.55. The Morgan fingerprint density at radius 3 is 2.64 bits per heavy atom. The molecule has 0 spiro atoms. The number of benzene rings is 1. The summed E-state index contributed by atoms with van der Waals surface area (Å²) in [4.78, 5) is 24.3. The number of methoxy groups -OCH3 is 1. The van der Waals surface area contributed by atoms with E-state index in [0.29, 0.717) is 29.7 Å². The fourth-order valence-corrected chi connectivity index (χ4v) is 4.24. The van der Waals surface area contributed by atoms with Gasteiger partial charge in [0.1, 0.15) is 0 Å². The number of aromatic nitrogens is 2. The van der Waals surface area contributed by atoms with Crippen molar-refractivity contribution in [2.45, 2.75) is 38.8 Å². The molecule has 2 aromatic heterocycles. The molecule has 6 heteroatoms. The number of anilines is 1. The van der Waals surface area contributed by atoms with Crippen LogP contribution in [0.3, 0.4) is 0 Å². The third-order valence-electron chi connectivity index (χ3n) is 6.00. The highest BCUT2D eigenvalue weighted by molar-refractivity contribution is 6.11. The van der Waals surface area contributed by atoms with Gasteiger partial charge in [0, 0.05) is 34.3 Å². The fourth-order valence-electron chi connectivity index (χ4n) is 4.24. The van der Waals surface area contributed by atoms with Crippen LogP contribution in [-0.2, 0) is 6.54 Å². The zero-order chi connectivity index (χ0) is 19.4. The summed E-state index contributed by atoms with van der Waals surface area (Å²) in [5.41, 5.74) is 12.0. The summed E-state index contributed by atoms with van der Waals surface area (Å²) in [5, 5.41) is 0.815. The van der Waals surface area contributed by atoms with Crippen molar-refractivity contribution in [3.8, 4) is 17.0 Å². The van der Waals surface area contributed by atoms with Crippen LogP contribution in [0.1, 0.15) is 41.0 Å². The van der Waals surface area contributed by atoms with Gasteiger partial charge < -0.3 is 15.4 Å². The molecule has 0 atom stereocenters. The van der Waals surface area contributed by atoms with Crippen LogP contribution in [0.5, 0.6) is 5.88 Å². The molecule has 0 bridgehead atoms. The Bertz CT molecular complexity index is 1120. The second-order valence-corrected chi connectivity index (χ2v) is 7.55. The van der Waals surface area contributed by atoms with Crippen molar-refractivity contribution in [3.05, 3.63) is 47.3 Å². The zero-order valence-corrected chi connectivity index (χ0v) is 16.0. The zero-order valence-electron chi connectivity index (χ0n) is 16.0. The first-order chi connectivity index (χ1) is 13.6. The first kappa shape index (κ1) is 17.0. The van der Waals surface area contributed by atoms with Crippen molar-refractivity contribution < 1.29 is 9.53 Å². The van der Waals surface area contributed by atoms with Crippen LogP contribution in [-0.4, -0.2) is 33.9 Å². The minimum Gasteiger partial charge on any atom is -0.481 e. The Morgan fingerprint density at radius 1 is 1.14 bits per heavy atom. The normalized spacial score (nSPS) is 16.4. The molecular formula is C22H22N4O2. The van der Waals surface area contributed by atoms with E-state index < -0.39 is 0 Å². The minimum absolute atomic E-state index is 0.0271. The van der Waals surface area contributed by atoms with Crippen LogP contribution >= 0.6 is 0 Å². The fraction of sp³-hybridized carbons (Fsp3) is 0.318. The van der Waals surface area contributed by atoms with Gasteiger partial charge >= 0.3 is 0 Å². The molecule has 142 valence electrons. The van der Waals surface area contributed by atoms with E-state index in [9.17, 15) is 4.79 Å². The predicted octanol–water partition coefficient (Wildman–Crippen LogP) is 3.70. The molecule has 6 nitrogen and oxygen atoms in total. The van der Waals surface area contributed by atoms with E-state index >= 15 is 0 Å². The first-order valence-electron chi connectivity index (χ1n) is 9.62. The number of para-hydroxylation sites is 1. The van der Waals surface area contributed by atoms with Gasteiger partial charge in [-0.15, -0.1) is 0 Å². The number of carbonyl (C=O) groups excluding carboxylic acids is 1. The largest absolute Gasteiger partial charge is 0.481 e. The van der Waals surface area contributed by atoms with E-state index in [1.807, 2.05) is 42.2 Å². The number of nitrogen functional groups attached to an aromatic ring is 1. The van der Waals surface area contributed by atoms with Crippen molar-refractivity contribution in [1.82, 2.24) is 14.9 Å². The Kier molecular flexibility index (Phi) is 3.75. The Balaban J connectivity index is 1.68. The number of fused-ring (bicyclic) bond motifs is 2. The Labute approximate surface area is 163 Å². The van der Waals surface area contributed by atoms with Crippen molar-refractivity contribution in [3.63, 3.8) is 0 Å². The van der Waals surface area contributed by atoms with E-state index in [1.165, 1.54) is 6.42 Å². The number of hydrogen-bond acceptors (Lipinski definition) is 5. The lowest BCUT2D eigenvalue weighted by Crippen LogP contribution is -2.40. The number of aryl methyl sites for hydroxylation is 1. The van der Waals surface area contributed by atoms with Crippen LogP contribution < -0.4 is 10.5 Å². The summed E-state index contributed by atoms with van der Waals surface area (Å²) >= 11 is 0. The summed E-state index contributed by atoms with van der Waals surface area (Å²) < 4.78 is 5.23. The third kappa shape index (κ3) is 2.37. The smallest absolute Gasteiger partial charge is 0.258 e. The van der Waals surface area contributed by atoms with E-state index in [2.05, 4.69) is 4.98 Å². The molecule has 1 aliphatic carbocycles. The number of nitrogens with zero attached hydrogens (tertiary/aromatic N) is 3. The molecule has 3 aromatic rings. The van der Waals surface area contributed by atoms with Gasteiger partial charge in [0.2, 0.25) is 5.88 Å². The van der Waals surface area contributed by atoms with Gasteiger partial charge in [-0.05, 0) is 32.3 Å².